The number of hydrogen-bond donors (Lipinski definition) is 1. The number of phenolic OH excluding ortho intramolecular Hbond substituents is 1. The average molecular weight is 293 g/mol. The third kappa shape index (κ3) is 4.02. The summed E-state index contributed by atoms with van der Waals surface area (Å²) in [5.74, 6) is 0.465. The smallest absolute Gasteiger partial charge is 0.122 e. The van der Waals surface area contributed by atoms with Crippen LogP contribution in [0.1, 0.15) is 85.9 Å². The van der Waals surface area contributed by atoms with Crippen LogP contribution >= 0.6 is 0 Å². The topological polar surface area (TPSA) is 20.2 Å². The molecular formula is C20H36O. The molecule has 0 radical (unpaired) electrons. The third-order valence-electron chi connectivity index (χ3n) is 4.79. The first-order valence-corrected chi connectivity index (χ1v) is 8.13. The van der Waals surface area contributed by atoms with Crippen LogP contribution in [0.15, 0.2) is 12.1 Å². The Bertz CT molecular complexity index is 468. The molecule has 0 saturated heterocycles. The van der Waals surface area contributed by atoms with E-state index in [0.717, 1.165) is 11.1 Å². The quantitative estimate of drug-likeness (QED) is 0.639. The van der Waals surface area contributed by atoms with Crippen LogP contribution in [0.3, 0.4) is 0 Å². The lowest BCUT2D eigenvalue weighted by molar-refractivity contribution is 0.219. The molecule has 21 heavy (non-hydrogen) atoms. The maximum Gasteiger partial charge on any atom is 0.122 e. The van der Waals surface area contributed by atoms with E-state index in [1.54, 1.807) is 0 Å². The number of phenols is 1. The predicted molar refractivity (Wildman–Crippen MR) is 95.4 cm³/mol. The second kappa shape index (κ2) is 6.42. The van der Waals surface area contributed by atoms with Gasteiger partial charge < -0.3 is 5.11 Å². The Hall–Kier alpha value is -0.980. The van der Waals surface area contributed by atoms with E-state index in [4.69, 9.17) is 0 Å². The fourth-order valence-electron chi connectivity index (χ4n) is 2.42. The van der Waals surface area contributed by atoms with Crippen LogP contribution in [0.4, 0.5) is 0 Å². The van der Waals surface area contributed by atoms with Crippen molar-refractivity contribution < 1.29 is 5.11 Å². The second-order valence-corrected chi connectivity index (χ2v) is 8.26. The summed E-state index contributed by atoms with van der Waals surface area (Å²) < 4.78 is 0. The van der Waals surface area contributed by atoms with E-state index in [0.29, 0.717) is 5.75 Å². The van der Waals surface area contributed by atoms with E-state index in [-0.39, 0.29) is 16.2 Å². The summed E-state index contributed by atoms with van der Waals surface area (Å²) in [6.07, 6.45) is 0. The summed E-state index contributed by atoms with van der Waals surface area (Å²) >= 11 is 0. The van der Waals surface area contributed by atoms with Crippen molar-refractivity contribution in [3.05, 3.63) is 28.8 Å². The van der Waals surface area contributed by atoms with Crippen LogP contribution in [-0.4, -0.2) is 5.11 Å². The summed E-state index contributed by atoms with van der Waals surface area (Å²) in [5, 5.41) is 10.6. The molecule has 1 N–H and O–H groups in total. The summed E-state index contributed by atoms with van der Waals surface area (Å²) in [4.78, 5) is 0. The highest BCUT2D eigenvalue weighted by molar-refractivity contribution is 5.50. The van der Waals surface area contributed by atoms with Gasteiger partial charge in [0.15, 0.2) is 0 Å². The fourth-order valence-corrected chi connectivity index (χ4v) is 2.42. The molecule has 1 nitrogen and oxygen atoms in total. The number of benzene rings is 1. The first-order chi connectivity index (χ1) is 9.30. The normalized spacial score (nSPS) is 12.7. The summed E-state index contributed by atoms with van der Waals surface area (Å²) in [5.41, 5.74) is 3.37. The molecule has 0 saturated carbocycles. The van der Waals surface area contributed by atoms with Crippen molar-refractivity contribution in [2.75, 3.05) is 0 Å². The minimum Gasteiger partial charge on any atom is -0.507 e. The Morgan fingerprint density at radius 1 is 0.762 bits per heavy atom. The molecule has 0 amide bonds. The van der Waals surface area contributed by atoms with Crippen molar-refractivity contribution in [2.45, 2.75) is 87.0 Å². The maximum absolute atomic E-state index is 10.6. The molecule has 1 heteroatoms. The van der Waals surface area contributed by atoms with Gasteiger partial charge in [-0.3, -0.25) is 0 Å². The molecule has 0 aliphatic heterocycles. The molecule has 0 unspecified atom stereocenters. The van der Waals surface area contributed by atoms with E-state index in [1.165, 1.54) is 5.56 Å². The van der Waals surface area contributed by atoms with Crippen LogP contribution in [0.5, 0.6) is 5.75 Å². The first kappa shape index (κ1) is 20.0. The molecule has 0 aliphatic carbocycles. The summed E-state index contributed by atoms with van der Waals surface area (Å²) in [6.45, 7) is 23.7. The van der Waals surface area contributed by atoms with Crippen LogP contribution < -0.4 is 0 Å². The maximum atomic E-state index is 10.6. The van der Waals surface area contributed by atoms with E-state index >= 15 is 0 Å². The van der Waals surface area contributed by atoms with Crippen LogP contribution in [-0.2, 0) is 10.8 Å². The van der Waals surface area contributed by atoms with Gasteiger partial charge in [0.05, 0.1) is 0 Å². The standard InChI is InChI=1S/C18H30O.C2H6/c1-12-13(16(2,3)4)10-11-14(15(12)19)18(8,9)17(5,6)7;1-2/h10-11,19H,1-9H3;1-2H3. The average Bonchev–Trinajstić information content (AvgIpc) is 2.31. The minimum absolute atomic E-state index is 0.0615. The Morgan fingerprint density at radius 2 is 1.14 bits per heavy atom. The third-order valence-corrected chi connectivity index (χ3v) is 4.79. The number of aromatic hydroxyl groups is 1. The van der Waals surface area contributed by atoms with Gasteiger partial charge in [-0.05, 0) is 34.3 Å². The Balaban J connectivity index is 0.00000191. The van der Waals surface area contributed by atoms with Gasteiger partial charge in [-0.25, -0.2) is 0 Å². The van der Waals surface area contributed by atoms with Crippen molar-refractivity contribution in [3.8, 4) is 5.75 Å². The van der Waals surface area contributed by atoms with Crippen molar-refractivity contribution in [3.63, 3.8) is 0 Å². The highest BCUT2D eigenvalue weighted by Gasteiger charge is 2.37. The Kier molecular flexibility index (Phi) is 6.12. The Labute approximate surface area is 132 Å². The molecule has 1 aromatic carbocycles. The van der Waals surface area contributed by atoms with Gasteiger partial charge in [-0.1, -0.05) is 81.4 Å². The van der Waals surface area contributed by atoms with Crippen molar-refractivity contribution in [1.29, 1.82) is 0 Å². The zero-order valence-corrected chi connectivity index (χ0v) is 16.1. The van der Waals surface area contributed by atoms with Crippen molar-refractivity contribution in [1.82, 2.24) is 0 Å². The molecule has 0 aromatic heterocycles. The summed E-state index contributed by atoms with van der Waals surface area (Å²) in [7, 11) is 0. The zero-order chi connectivity index (χ0) is 17.2. The van der Waals surface area contributed by atoms with Gasteiger partial charge in [0.1, 0.15) is 5.75 Å². The molecule has 0 aliphatic rings. The van der Waals surface area contributed by atoms with Gasteiger partial charge >= 0.3 is 0 Å². The predicted octanol–water partition coefficient (Wildman–Crippen LogP) is 6.35. The van der Waals surface area contributed by atoms with Gasteiger partial charge in [-0.2, -0.15) is 0 Å². The minimum atomic E-state index is -0.0712. The molecule has 1 rings (SSSR count). The molecule has 0 spiro atoms. The molecule has 0 bridgehead atoms. The lowest BCUT2D eigenvalue weighted by Gasteiger charge is -2.40. The van der Waals surface area contributed by atoms with E-state index in [9.17, 15) is 5.11 Å². The van der Waals surface area contributed by atoms with E-state index < -0.39 is 0 Å². The first-order valence-electron chi connectivity index (χ1n) is 8.13. The number of rotatable bonds is 1. The zero-order valence-electron chi connectivity index (χ0n) is 16.1. The SMILES string of the molecule is CC.Cc1c(C(C)(C)C)ccc(C(C)(C)C(C)(C)C)c1O. The molecular weight excluding hydrogens is 256 g/mol. The van der Waals surface area contributed by atoms with Crippen LogP contribution in [0.2, 0.25) is 0 Å². The van der Waals surface area contributed by atoms with E-state index in [1.807, 2.05) is 20.8 Å². The summed E-state index contributed by atoms with van der Waals surface area (Å²) in [6, 6.07) is 4.28. The number of hydrogen-bond acceptors (Lipinski definition) is 1. The van der Waals surface area contributed by atoms with Gasteiger partial charge in [0.25, 0.3) is 0 Å². The molecule has 122 valence electrons. The molecule has 1 aromatic rings. The van der Waals surface area contributed by atoms with E-state index in [2.05, 4.69) is 67.5 Å². The molecule has 0 atom stereocenters. The second-order valence-electron chi connectivity index (χ2n) is 8.26. The monoisotopic (exact) mass is 292 g/mol. The van der Waals surface area contributed by atoms with Crippen molar-refractivity contribution >= 4 is 0 Å². The lowest BCUT2D eigenvalue weighted by Crippen LogP contribution is -2.34. The highest BCUT2D eigenvalue weighted by atomic mass is 16.3. The van der Waals surface area contributed by atoms with Gasteiger partial charge in [0.2, 0.25) is 0 Å². The highest BCUT2D eigenvalue weighted by Crippen LogP contribution is 2.46. The van der Waals surface area contributed by atoms with Gasteiger partial charge in [0, 0.05) is 5.56 Å². The van der Waals surface area contributed by atoms with Crippen LogP contribution in [0, 0.1) is 12.3 Å². The Morgan fingerprint density at radius 3 is 1.48 bits per heavy atom. The van der Waals surface area contributed by atoms with Crippen molar-refractivity contribution in [2.24, 2.45) is 5.41 Å². The molecule has 0 fully saturated rings. The fraction of sp³-hybridized carbons (Fsp3) is 0.700. The lowest BCUT2D eigenvalue weighted by atomic mass is 9.64. The van der Waals surface area contributed by atoms with Gasteiger partial charge in [-0.15, -0.1) is 0 Å². The van der Waals surface area contributed by atoms with Crippen LogP contribution in [0.25, 0.3) is 0 Å². The molecule has 0 heterocycles. The largest absolute Gasteiger partial charge is 0.507 e.